The fraction of sp³-hybridized carbons (Fsp3) is 1.00. The maximum atomic E-state index is 4.94. The molecule has 104 valence electrons. The molecule has 0 rings (SSSR count). The van der Waals surface area contributed by atoms with Crippen LogP contribution in [0, 0.1) is 0 Å². The van der Waals surface area contributed by atoms with E-state index in [4.69, 9.17) is 12.6 Å². The monoisotopic (exact) mass is 276 g/mol. The van der Waals surface area contributed by atoms with Gasteiger partial charge in [-0.25, -0.2) is 0 Å². The van der Waals surface area contributed by atoms with Gasteiger partial charge in [0.1, 0.15) is 0 Å². The molecule has 0 radical (unpaired) electrons. The van der Waals surface area contributed by atoms with Crippen molar-refractivity contribution >= 4 is 24.4 Å². The Bertz CT molecular complexity index is 159. The highest BCUT2D eigenvalue weighted by Crippen LogP contribution is 2.39. The number of hydrogen-bond acceptors (Lipinski definition) is 2. The van der Waals surface area contributed by atoms with E-state index in [1.54, 1.807) is 0 Å². The highest BCUT2D eigenvalue weighted by molar-refractivity contribution is 8.11. The van der Waals surface area contributed by atoms with Gasteiger partial charge < -0.3 is 0 Å². The van der Waals surface area contributed by atoms with E-state index in [0.29, 0.717) is 0 Å². The van der Waals surface area contributed by atoms with Gasteiger partial charge in [0.2, 0.25) is 0 Å². The minimum atomic E-state index is 0.259. The zero-order valence-electron chi connectivity index (χ0n) is 12.1. The van der Waals surface area contributed by atoms with Gasteiger partial charge in [-0.15, -0.1) is 11.8 Å². The van der Waals surface area contributed by atoms with Crippen molar-refractivity contribution in [1.82, 2.24) is 0 Å². The van der Waals surface area contributed by atoms with Gasteiger partial charge in [-0.2, -0.15) is 12.6 Å². The zero-order valence-corrected chi connectivity index (χ0v) is 13.8. The summed E-state index contributed by atoms with van der Waals surface area (Å²) in [5.74, 6) is 1.30. The van der Waals surface area contributed by atoms with Gasteiger partial charge in [0.05, 0.1) is 4.08 Å². The average Bonchev–Trinajstić information content (AvgIpc) is 2.32. The van der Waals surface area contributed by atoms with Gasteiger partial charge in [0, 0.05) is 0 Å². The summed E-state index contributed by atoms with van der Waals surface area (Å²) in [6, 6.07) is 0. The molecule has 1 atom stereocenters. The predicted octanol–water partition coefficient (Wildman–Crippen LogP) is 6.31. The highest BCUT2D eigenvalue weighted by Gasteiger charge is 2.23. The lowest BCUT2D eigenvalue weighted by molar-refractivity contribution is 0.606. The largest absolute Gasteiger partial charge is 0.162 e. The smallest absolute Gasteiger partial charge is 0.0581 e. The van der Waals surface area contributed by atoms with Crippen LogP contribution in [0.3, 0.4) is 0 Å². The van der Waals surface area contributed by atoms with Crippen LogP contribution in [-0.2, 0) is 0 Å². The molecule has 0 aromatic carbocycles. The Morgan fingerprint density at radius 3 is 2.00 bits per heavy atom. The maximum Gasteiger partial charge on any atom is 0.0581 e. The lowest BCUT2D eigenvalue weighted by Crippen LogP contribution is -2.17. The summed E-state index contributed by atoms with van der Waals surface area (Å²) in [5.41, 5.74) is 0. The van der Waals surface area contributed by atoms with Gasteiger partial charge in [0.15, 0.2) is 0 Å². The molecule has 17 heavy (non-hydrogen) atoms. The van der Waals surface area contributed by atoms with E-state index in [1.807, 2.05) is 0 Å². The first-order chi connectivity index (χ1) is 8.18. The van der Waals surface area contributed by atoms with E-state index >= 15 is 0 Å². The van der Waals surface area contributed by atoms with E-state index in [1.165, 1.54) is 70.0 Å². The van der Waals surface area contributed by atoms with Crippen LogP contribution in [0.15, 0.2) is 0 Å². The summed E-state index contributed by atoms with van der Waals surface area (Å²) < 4.78 is 0.259. The Balaban J connectivity index is 3.68. The summed E-state index contributed by atoms with van der Waals surface area (Å²) in [4.78, 5) is 0. The Hall–Kier alpha value is 0.700. The first kappa shape index (κ1) is 17.7. The number of thiol groups is 1. The van der Waals surface area contributed by atoms with E-state index < -0.39 is 0 Å². The summed E-state index contributed by atoms with van der Waals surface area (Å²) in [5, 5.41) is 0. The van der Waals surface area contributed by atoms with Crippen LogP contribution in [0.25, 0.3) is 0 Å². The van der Waals surface area contributed by atoms with E-state index in [2.05, 4.69) is 32.5 Å². The van der Waals surface area contributed by atoms with Crippen LogP contribution >= 0.6 is 24.4 Å². The van der Waals surface area contributed by atoms with Gasteiger partial charge in [-0.1, -0.05) is 65.7 Å². The summed E-state index contributed by atoms with van der Waals surface area (Å²) >= 11 is 7.05. The molecule has 0 fully saturated rings. The predicted molar refractivity (Wildman–Crippen MR) is 87.4 cm³/mol. The van der Waals surface area contributed by atoms with Crippen molar-refractivity contribution in [2.45, 2.75) is 89.1 Å². The number of rotatable bonds is 12. The molecule has 0 heterocycles. The quantitative estimate of drug-likeness (QED) is 0.248. The third kappa shape index (κ3) is 10.3. The van der Waals surface area contributed by atoms with Crippen LogP contribution in [0.2, 0.25) is 0 Å². The number of thioether (sulfide) groups is 1. The molecule has 0 spiro atoms. The SMILES string of the molecule is CCCCCCCSC(S)(CCC)CCCC. The zero-order chi connectivity index (χ0) is 13.0. The molecular weight excluding hydrogens is 244 g/mol. The fourth-order valence-electron chi connectivity index (χ4n) is 2.08. The van der Waals surface area contributed by atoms with Gasteiger partial charge in [0.25, 0.3) is 0 Å². The first-order valence-corrected chi connectivity index (χ1v) is 8.98. The van der Waals surface area contributed by atoms with Crippen molar-refractivity contribution < 1.29 is 0 Å². The molecule has 0 aromatic rings. The van der Waals surface area contributed by atoms with Crippen LogP contribution in [0.4, 0.5) is 0 Å². The lowest BCUT2D eigenvalue weighted by atomic mass is 10.1. The van der Waals surface area contributed by atoms with E-state index in [0.717, 1.165) is 0 Å². The van der Waals surface area contributed by atoms with E-state index in [9.17, 15) is 0 Å². The molecular formula is C15H32S2. The summed E-state index contributed by atoms with van der Waals surface area (Å²) in [6.45, 7) is 6.83. The molecule has 0 aliphatic heterocycles. The van der Waals surface area contributed by atoms with Crippen molar-refractivity contribution in [2.24, 2.45) is 0 Å². The van der Waals surface area contributed by atoms with Crippen molar-refractivity contribution in [3.63, 3.8) is 0 Å². The second-order valence-electron chi connectivity index (χ2n) is 5.06. The van der Waals surface area contributed by atoms with Gasteiger partial charge >= 0.3 is 0 Å². The molecule has 1 unspecified atom stereocenters. The Labute approximate surface area is 119 Å². The molecule has 0 amide bonds. The Morgan fingerprint density at radius 2 is 1.41 bits per heavy atom. The van der Waals surface area contributed by atoms with Crippen LogP contribution in [0.5, 0.6) is 0 Å². The van der Waals surface area contributed by atoms with Crippen LogP contribution < -0.4 is 0 Å². The third-order valence-electron chi connectivity index (χ3n) is 3.18. The molecule has 0 N–H and O–H groups in total. The first-order valence-electron chi connectivity index (χ1n) is 7.54. The lowest BCUT2D eigenvalue weighted by Gasteiger charge is -2.27. The average molecular weight is 277 g/mol. The second-order valence-corrected chi connectivity index (χ2v) is 7.70. The molecule has 0 saturated carbocycles. The normalized spacial score (nSPS) is 14.8. The molecule has 0 saturated heterocycles. The Kier molecular flexibility index (Phi) is 12.3. The molecule has 0 aromatic heterocycles. The number of hydrogen-bond donors (Lipinski definition) is 1. The van der Waals surface area contributed by atoms with Crippen LogP contribution in [-0.4, -0.2) is 9.83 Å². The standard InChI is InChI=1S/C15H32S2/c1-4-7-9-10-11-14-17-15(16,12-6-3)13-8-5-2/h16H,4-14H2,1-3H3. The molecule has 0 aliphatic carbocycles. The molecule has 0 aliphatic rings. The topological polar surface area (TPSA) is 0 Å². The van der Waals surface area contributed by atoms with Crippen molar-refractivity contribution in [1.29, 1.82) is 0 Å². The third-order valence-corrected chi connectivity index (χ3v) is 5.45. The van der Waals surface area contributed by atoms with Crippen molar-refractivity contribution in [2.75, 3.05) is 5.75 Å². The van der Waals surface area contributed by atoms with Crippen LogP contribution in [0.1, 0.15) is 85.0 Å². The van der Waals surface area contributed by atoms with Gasteiger partial charge in [-0.05, 0) is 25.0 Å². The molecule has 0 bridgehead atoms. The molecule has 2 heteroatoms. The Morgan fingerprint density at radius 1 is 0.765 bits per heavy atom. The van der Waals surface area contributed by atoms with Gasteiger partial charge in [-0.3, -0.25) is 0 Å². The molecule has 0 nitrogen and oxygen atoms in total. The fourth-order valence-corrected chi connectivity index (χ4v) is 4.10. The summed E-state index contributed by atoms with van der Waals surface area (Å²) in [7, 11) is 0. The van der Waals surface area contributed by atoms with E-state index in [-0.39, 0.29) is 4.08 Å². The minimum Gasteiger partial charge on any atom is -0.162 e. The summed E-state index contributed by atoms with van der Waals surface area (Å²) in [6.07, 6.45) is 13.4. The maximum absolute atomic E-state index is 4.94. The highest BCUT2D eigenvalue weighted by atomic mass is 32.2. The van der Waals surface area contributed by atoms with Crippen molar-refractivity contribution in [3.8, 4) is 0 Å². The second kappa shape index (κ2) is 11.8. The number of unbranched alkanes of at least 4 members (excludes halogenated alkanes) is 5. The minimum absolute atomic E-state index is 0.259. The van der Waals surface area contributed by atoms with Crippen molar-refractivity contribution in [3.05, 3.63) is 0 Å².